The Hall–Kier alpha value is -0.200. The van der Waals surface area contributed by atoms with Crippen LogP contribution in [0.4, 0.5) is 0 Å². The van der Waals surface area contributed by atoms with Gasteiger partial charge in [0.2, 0.25) is 0 Å². The van der Waals surface area contributed by atoms with Crippen molar-refractivity contribution in [1.82, 2.24) is 5.23 Å². The molecule has 0 aromatic heterocycles. The molecule has 1 aliphatic heterocycles. The molecule has 0 aliphatic carbocycles. The second-order valence-electron chi connectivity index (χ2n) is 2.53. The van der Waals surface area contributed by atoms with Crippen LogP contribution in [0.15, 0.2) is 0 Å². The fourth-order valence-corrected chi connectivity index (χ4v) is 0.620. The predicted molar refractivity (Wildman–Crippen MR) is 35.1 cm³/mol. The molecule has 0 radical (unpaired) electrons. The summed E-state index contributed by atoms with van der Waals surface area (Å²) in [5.74, 6) is 0. The summed E-state index contributed by atoms with van der Waals surface area (Å²) in [6, 6.07) is 0. The number of hydrogen-bond acceptors (Lipinski definition) is 4. The van der Waals surface area contributed by atoms with Gasteiger partial charge in [-0.05, 0) is 0 Å². The Balaban J connectivity index is 2.38. The number of rotatable bonds is 1. The fourth-order valence-electron chi connectivity index (χ4n) is 0.620. The van der Waals surface area contributed by atoms with Gasteiger partial charge in [-0.2, -0.15) is 0 Å². The fraction of sp³-hybridized carbons (Fsp3) is 1.00. The molecule has 0 spiro atoms. The molecule has 0 aromatic rings. The van der Waals surface area contributed by atoms with Crippen LogP contribution in [-0.4, -0.2) is 42.7 Å². The molecule has 1 fully saturated rings. The summed E-state index contributed by atoms with van der Waals surface area (Å²) in [7, 11) is 1.66. The maximum atomic E-state index is 7.06. The summed E-state index contributed by atoms with van der Waals surface area (Å²) in [5.41, 5.74) is 5.04. The Morgan fingerprint density at radius 3 is 2.50 bits per heavy atom. The van der Waals surface area contributed by atoms with Crippen LogP contribution in [0.3, 0.4) is 0 Å². The summed E-state index contributed by atoms with van der Waals surface area (Å²) in [5, 5.41) is 8.32. The second kappa shape index (κ2) is 2.81. The molecule has 0 saturated carbocycles. The molecule has 0 amide bonds. The average molecular weight is 149 g/mol. The normalized spacial score (nSPS) is 26.7. The lowest BCUT2D eigenvalue weighted by molar-refractivity contribution is -0.394. The van der Waals surface area contributed by atoms with Crippen LogP contribution >= 0.6 is 0 Å². The Kier molecular flexibility index (Phi) is 2.22. The summed E-state index contributed by atoms with van der Waals surface area (Å²) < 4.78 is 0. The van der Waals surface area contributed by atoms with Crippen molar-refractivity contribution in [1.29, 1.82) is 0 Å². The van der Waals surface area contributed by atoms with Crippen LogP contribution in [-0.2, 0) is 9.68 Å². The first-order valence-corrected chi connectivity index (χ1v) is 3.09. The van der Waals surface area contributed by atoms with E-state index in [1.165, 1.54) is 5.23 Å². The van der Waals surface area contributed by atoms with Gasteiger partial charge >= 0.3 is 0 Å². The van der Waals surface area contributed by atoms with Crippen molar-refractivity contribution >= 4 is 0 Å². The van der Waals surface area contributed by atoms with E-state index in [0.29, 0.717) is 13.2 Å². The first-order valence-electron chi connectivity index (χ1n) is 3.09. The van der Waals surface area contributed by atoms with Gasteiger partial charge in [-0.25, -0.2) is 0 Å². The highest BCUT2D eigenvalue weighted by Gasteiger charge is 2.33. The molecule has 60 valence electrons. The minimum Gasteiger partial charge on any atom is -0.444 e. The van der Waals surface area contributed by atoms with Crippen molar-refractivity contribution in [3.8, 4) is 0 Å². The van der Waals surface area contributed by atoms with E-state index in [4.69, 9.17) is 20.5 Å². The van der Waals surface area contributed by atoms with E-state index in [2.05, 4.69) is 0 Å². The summed E-state index contributed by atoms with van der Waals surface area (Å²) >= 11 is 0. The maximum absolute atomic E-state index is 7.06. The van der Waals surface area contributed by atoms with Gasteiger partial charge < -0.3 is 10.8 Å². The summed E-state index contributed by atoms with van der Waals surface area (Å²) in [4.78, 5) is 9.90. The Morgan fingerprint density at radius 1 is 1.60 bits per heavy atom. The average Bonchev–Trinajstić information content (AvgIpc) is 1.96. The molecule has 0 bridgehead atoms. The topological polar surface area (TPSA) is 70.6 Å². The van der Waals surface area contributed by atoms with Gasteiger partial charge in [-0.15, -0.1) is 0 Å². The molecule has 0 atom stereocenters. The van der Waals surface area contributed by atoms with Gasteiger partial charge in [-0.3, -0.25) is 9.68 Å². The molecule has 5 heteroatoms. The third-order valence-corrected chi connectivity index (χ3v) is 1.42. The van der Waals surface area contributed by atoms with Gasteiger partial charge in [0.05, 0.1) is 13.2 Å². The monoisotopic (exact) mass is 149 g/mol. The predicted octanol–water partition coefficient (Wildman–Crippen LogP) is -1.78. The highest BCUT2D eigenvalue weighted by molar-refractivity contribution is 4.83. The van der Waals surface area contributed by atoms with Gasteiger partial charge in [0.15, 0.2) is 6.61 Å². The maximum Gasteiger partial charge on any atom is 0.166 e. The van der Waals surface area contributed by atoms with Crippen LogP contribution in [0.25, 0.3) is 0 Å². The Labute approximate surface area is 59.2 Å². The highest BCUT2D eigenvalue weighted by Crippen LogP contribution is 2.09. The number of hydrogen-bond donors (Lipinski definition) is 1. The van der Waals surface area contributed by atoms with Crippen LogP contribution in [0, 0.1) is 0 Å². The van der Waals surface area contributed by atoms with Crippen LogP contribution < -0.4 is 5.73 Å². The van der Waals surface area contributed by atoms with Crippen molar-refractivity contribution in [2.24, 2.45) is 5.73 Å². The SMILES string of the molecule is CN1OCC(N)(C[OH2+])CO1. The van der Waals surface area contributed by atoms with Crippen molar-refractivity contribution in [2.75, 3.05) is 26.9 Å². The molecule has 1 aliphatic rings. The molecule has 0 unspecified atom stereocenters. The molecule has 0 aromatic carbocycles. The zero-order chi connectivity index (χ0) is 7.61. The number of nitrogens with zero attached hydrogens (tertiary/aromatic N) is 1. The van der Waals surface area contributed by atoms with Crippen LogP contribution in [0.5, 0.6) is 0 Å². The summed E-state index contributed by atoms with van der Waals surface area (Å²) in [6.07, 6.45) is 0. The lowest BCUT2D eigenvalue weighted by Crippen LogP contribution is -2.57. The van der Waals surface area contributed by atoms with E-state index in [-0.39, 0.29) is 6.61 Å². The van der Waals surface area contributed by atoms with E-state index in [1.807, 2.05) is 0 Å². The van der Waals surface area contributed by atoms with E-state index in [0.717, 1.165) is 0 Å². The second-order valence-corrected chi connectivity index (χ2v) is 2.53. The number of nitrogens with two attached hydrogens (primary N) is 1. The van der Waals surface area contributed by atoms with Crippen molar-refractivity contribution < 1.29 is 14.8 Å². The van der Waals surface area contributed by atoms with Crippen molar-refractivity contribution in [3.63, 3.8) is 0 Å². The zero-order valence-electron chi connectivity index (χ0n) is 5.96. The Bertz CT molecular complexity index is 111. The van der Waals surface area contributed by atoms with Crippen LogP contribution in [0.1, 0.15) is 0 Å². The van der Waals surface area contributed by atoms with Gasteiger partial charge in [0.25, 0.3) is 0 Å². The van der Waals surface area contributed by atoms with E-state index < -0.39 is 5.54 Å². The smallest absolute Gasteiger partial charge is 0.166 e. The van der Waals surface area contributed by atoms with Crippen LogP contribution in [0.2, 0.25) is 0 Å². The third kappa shape index (κ3) is 1.65. The Morgan fingerprint density at radius 2 is 2.10 bits per heavy atom. The molecule has 1 saturated heterocycles. The molecule has 1 heterocycles. The van der Waals surface area contributed by atoms with Crippen molar-refractivity contribution in [2.45, 2.75) is 5.54 Å². The first-order chi connectivity index (χ1) is 4.66. The van der Waals surface area contributed by atoms with E-state index in [9.17, 15) is 0 Å². The van der Waals surface area contributed by atoms with Gasteiger partial charge in [0.1, 0.15) is 5.54 Å². The largest absolute Gasteiger partial charge is 0.444 e. The number of hydroxylamine groups is 2. The molecular weight excluding hydrogens is 136 g/mol. The lowest BCUT2D eigenvalue weighted by Gasteiger charge is -2.32. The van der Waals surface area contributed by atoms with Gasteiger partial charge in [-0.1, -0.05) is 5.23 Å². The lowest BCUT2D eigenvalue weighted by atomic mass is 10.1. The summed E-state index contributed by atoms with van der Waals surface area (Å²) in [6.45, 7) is 0.834. The standard InChI is InChI=1S/C5H12N2O3/c1-7-9-3-5(6,2-8)4-10-7/h8H,2-4,6H2,1H3/p+1. The minimum absolute atomic E-state index is 0.126. The minimum atomic E-state index is -0.619. The molecule has 10 heavy (non-hydrogen) atoms. The van der Waals surface area contributed by atoms with Crippen molar-refractivity contribution in [3.05, 3.63) is 0 Å². The zero-order valence-corrected chi connectivity index (χ0v) is 5.96. The molecule has 1 rings (SSSR count). The van der Waals surface area contributed by atoms with Gasteiger partial charge in [0, 0.05) is 7.05 Å². The molecular formula is C5H13N2O3+. The highest BCUT2D eigenvalue weighted by atomic mass is 17.0. The van der Waals surface area contributed by atoms with E-state index in [1.54, 1.807) is 7.05 Å². The third-order valence-electron chi connectivity index (χ3n) is 1.42. The van der Waals surface area contributed by atoms with E-state index >= 15 is 0 Å². The molecule has 5 nitrogen and oxygen atoms in total. The quantitative estimate of drug-likeness (QED) is 0.447. The first kappa shape index (κ1) is 7.90. The molecule has 4 N–H and O–H groups in total.